The fraction of sp³-hybridized carbons (Fsp3) is 0.318. The molecule has 0 atom stereocenters. The maximum atomic E-state index is 6.18. The van der Waals surface area contributed by atoms with Crippen molar-refractivity contribution in [1.82, 2.24) is 0 Å². The summed E-state index contributed by atoms with van der Waals surface area (Å²) in [5, 5.41) is 1.67. The third-order valence-electron chi connectivity index (χ3n) is 4.87. The van der Waals surface area contributed by atoms with Crippen molar-refractivity contribution in [2.45, 2.75) is 32.3 Å². The van der Waals surface area contributed by atoms with Gasteiger partial charge < -0.3 is 15.5 Å². The standard InChI is InChI=1S/C22H28N4O/c1-15-13-17(20(23)11-12-25-2)9-10-22(15)27-14-19-18(16-7-8-16)5-4-6-21(19)26(3)24/h4-6,9-13,16H,7-8,14,23-24H2,1-3H3. The van der Waals surface area contributed by atoms with E-state index in [2.05, 4.69) is 17.1 Å². The molecule has 0 bridgehead atoms. The zero-order valence-corrected chi connectivity index (χ0v) is 16.3. The summed E-state index contributed by atoms with van der Waals surface area (Å²) in [4.78, 5) is 3.93. The highest BCUT2D eigenvalue weighted by molar-refractivity contribution is 5.83. The number of rotatable bonds is 7. The molecular formula is C22H28N4O. The molecule has 1 aliphatic carbocycles. The molecule has 1 saturated carbocycles. The van der Waals surface area contributed by atoms with Crippen molar-refractivity contribution in [3.8, 4) is 5.75 Å². The van der Waals surface area contributed by atoms with Crippen LogP contribution >= 0.6 is 0 Å². The van der Waals surface area contributed by atoms with Crippen molar-refractivity contribution in [2.75, 3.05) is 19.1 Å². The maximum Gasteiger partial charge on any atom is 0.122 e. The number of nitrogens with two attached hydrogens (primary N) is 2. The number of aryl methyl sites for hydroxylation is 1. The minimum Gasteiger partial charge on any atom is -0.489 e. The fourth-order valence-corrected chi connectivity index (χ4v) is 3.25. The second-order valence-electron chi connectivity index (χ2n) is 7.03. The molecule has 0 spiro atoms. The van der Waals surface area contributed by atoms with Gasteiger partial charge in [-0.3, -0.25) is 4.99 Å². The van der Waals surface area contributed by atoms with Gasteiger partial charge in [-0.25, -0.2) is 5.84 Å². The van der Waals surface area contributed by atoms with E-state index in [4.69, 9.17) is 16.3 Å². The van der Waals surface area contributed by atoms with Gasteiger partial charge >= 0.3 is 0 Å². The van der Waals surface area contributed by atoms with E-state index in [1.165, 1.54) is 24.0 Å². The second-order valence-corrected chi connectivity index (χ2v) is 7.03. The molecule has 4 N–H and O–H groups in total. The first-order valence-corrected chi connectivity index (χ1v) is 9.23. The lowest BCUT2D eigenvalue weighted by atomic mass is 10.0. The number of hydrogen-bond donors (Lipinski definition) is 2. The van der Waals surface area contributed by atoms with Crippen LogP contribution in [0.25, 0.3) is 5.70 Å². The smallest absolute Gasteiger partial charge is 0.122 e. The van der Waals surface area contributed by atoms with Crippen LogP contribution in [0.4, 0.5) is 5.69 Å². The molecule has 2 aromatic carbocycles. The van der Waals surface area contributed by atoms with Crippen molar-refractivity contribution in [1.29, 1.82) is 0 Å². The normalized spacial score (nSPS) is 14.6. The summed E-state index contributed by atoms with van der Waals surface area (Å²) in [6.07, 6.45) is 5.97. The predicted octanol–water partition coefficient (Wildman–Crippen LogP) is 3.76. The van der Waals surface area contributed by atoms with E-state index in [9.17, 15) is 0 Å². The molecule has 0 radical (unpaired) electrons. The monoisotopic (exact) mass is 364 g/mol. The Morgan fingerprint density at radius 3 is 2.70 bits per heavy atom. The molecule has 5 heteroatoms. The van der Waals surface area contributed by atoms with Gasteiger partial charge in [0.1, 0.15) is 12.4 Å². The highest BCUT2D eigenvalue weighted by Crippen LogP contribution is 2.43. The van der Waals surface area contributed by atoms with Gasteiger partial charge in [0.15, 0.2) is 0 Å². The Labute approximate surface area is 161 Å². The topological polar surface area (TPSA) is 76.9 Å². The SMILES string of the molecule is CN=CC=C(N)c1ccc(OCc2c(C3CC3)cccc2N(C)N)c(C)c1. The Morgan fingerprint density at radius 2 is 2.07 bits per heavy atom. The zero-order valence-electron chi connectivity index (χ0n) is 16.3. The highest BCUT2D eigenvalue weighted by atomic mass is 16.5. The van der Waals surface area contributed by atoms with Crippen molar-refractivity contribution < 1.29 is 4.74 Å². The Hall–Kier alpha value is -2.79. The van der Waals surface area contributed by atoms with E-state index in [0.29, 0.717) is 18.2 Å². The van der Waals surface area contributed by atoms with Crippen LogP contribution in [0.1, 0.15) is 41.0 Å². The summed E-state index contributed by atoms with van der Waals surface area (Å²) in [5.41, 5.74) is 12.3. The minimum absolute atomic E-state index is 0.498. The maximum absolute atomic E-state index is 6.18. The summed E-state index contributed by atoms with van der Waals surface area (Å²) in [7, 11) is 3.59. The number of anilines is 1. The molecule has 0 unspecified atom stereocenters. The quantitative estimate of drug-likeness (QED) is 0.445. The molecule has 0 amide bonds. The van der Waals surface area contributed by atoms with E-state index in [1.54, 1.807) is 24.3 Å². The van der Waals surface area contributed by atoms with E-state index >= 15 is 0 Å². The number of ether oxygens (including phenoxy) is 1. The molecule has 142 valence electrons. The first kappa shape index (κ1) is 19.0. The minimum atomic E-state index is 0.498. The van der Waals surface area contributed by atoms with E-state index in [0.717, 1.165) is 22.6 Å². The second kappa shape index (κ2) is 8.27. The number of aliphatic imine (C=N–C) groups is 1. The van der Waals surface area contributed by atoms with Crippen LogP contribution in [0, 0.1) is 6.92 Å². The van der Waals surface area contributed by atoms with Crippen LogP contribution in [-0.2, 0) is 6.61 Å². The molecule has 2 aromatic rings. The fourth-order valence-electron chi connectivity index (χ4n) is 3.25. The number of benzene rings is 2. The van der Waals surface area contributed by atoms with Crippen LogP contribution in [0.3, 0.4) is 0 Å². The summed E-state index contributed by atoms with van der Waals surface area (Å²) in [5.74, 6) is 7.53. The van der Waals surface area contributed by atoms with Crippen LogP contribution in [0.15, 0.2) is 47.5 Å². The molecule has 5 nitrogen and oxygen atoms in total. The largest absolute Gasteiger partial charge is 0.489 e. The van der Waals surface area contributed by atoms with Gasteiger partial charge in [0, 0.05) is 31.6 Å². The van der Waals surface area contributed by atoms with Crippen molar-refractivity contribution >= 4 is 17.6 Å². The molecule has 27 heavy (non-hydrogen) atoms. The van der Waals surface area contributed by atoms with Gasteiger partial charge in [0.05, 0.1) is 5.69 Å². The molecule has 3 rings (SSSR count). The number of allylic oxidation sites excluding steroid dienone is 1. The summed E-state index contributed by atoms with van der Waals surface area (Å²) in [6, 6.07) is 12.3. The summed E-state index contributed by atoms with van der Waals surface area (Å²) < 4.78 is 6.18. The van der Waals surface area contributed by atoms with Gasteiger partial charge in [0.25, 0.3) is 0 Å². The third kappa shape index (κ3) is 4.49. The lowest BCUT2D eigenvalue weighted by Gasteiger charge is -2.21. The van der Waals surface area contributed by atoms with Gasteiger partial charge in [-0.05, 0) is 72.7 Å². The van der Waals surface area contributed by atoms with Gasteiger partial charge in [-0.1, -0.05) is 12.1 Å². The molecule has 1 aliphatic rings. The third-order valence-corrected chi connectivity index (χ3v) is 4.87. The zero-order chi connectivity index (χ0) is 19.4. The number of hydrazine groups is 1. The Kier molecular flexibility index (Phi) is 5.81. The van der Waals surface area contributed by atoms with Gasteiger partial charge in [-0.2, -0.15) is 0 Å². The molecule has 1 fully saturated rings. The van der Waals surface area contributed by atoms with Crippen LogP contribution in [0.2, 0.25) is 0 Å². The summed E-state index contributed by atoms with van der Waals surface area (Å²) in [6.45, 7) is 2.53. The lowest BCUT2D eigenvalue weighted by Crippen LogP contribution is -2.27. The van der Waals surface area contributed by atoms with E-state index in [1.807, 2.05) is 38.2 Å². The van der Waals surface area contributed by atoms with Gasteiger partial charge in [0.2, 0.25) is 0 Å². The molecule has 0 aromatic heterocycles. The Balaban J connectivity index is 1.81. The number of nitrogens with zero attached hydrogens (tertiary/aromatic N) is 2. The van der Waals surface area contributed by atoms with Crippen LogP contribution in [-0.4, -0.2) is 20.3 Å². The van der Waals surface area contributed by atoms with Crippen LogP contribution in [0.5, 0.6) is 5.75 Å². The average Bonchev–Trinajstić information content (AvgIpc) is 3.49. The Morgan fingerprint density at radius 1 is 1.30 bits per heavy atom. The van der Waals surface area contributed by atoms with E-state index < -0.39 is 0 Å². The predicted molar refractivity (Wildman–Crippen MR) is 113 cm³/mol. The Bertz CT molecular complexity index is 846. The van der Waals surface area contributed by atoms with Crippen molar-refractivity contribution in [3.05, 3.63) is 64.7 Å². The molecular weight excluding hydrogens is 336 g/mol. The summed E-state index contributed by atoms with van der Waals surface area (Å²) >= 11 is 0. The average molecular weight is 364 g/mol. The first-order chi connectivity index (χ1) is 13.0. The molecule has 0 saturated heterocycles. The number of hydrogen-bond acceptors (Lipinski definition) is 5. The van der Waals surface area contributed by atoms with Gasteiger partial charge in [-0.15, -0.1) is 0 Å². The molecule has 0 aliphatic heterocycles. The van der Waals surface area contributed by atoms with Crippen LogP contribution < -0.4 is 21.3 Å². The first-order valence-electron chi connectivity index (χ1n) is 9.23. The highest BCUT2D eigenvalue weighted by Gasteiger charge is 2.27. The lowest BCUT2D eigenvalue weighted by molar-refractivity contribution is 0.303. The van der Waals surface area contributed by atoms with E-state index in [-0.39, 0.29) is 0 Å². The molecule has 0 heterocycles. The van der Waals surface area contributed by atoms with Crippen molar-refractivity contribution in [3.63, 3.8) is 0 Å². The van der Waals surface area contributed by atoms with Crippen molar-refractivity contribution in [2.24, 2.45) is 16.6 Å².